The summed E-state index contributed by atoms with van der Waals surface area (Å²) >= 11 is 0. The van der Waals surface area contributed by atoms with E-state index in [0.29, 0.717) is 19.8 Å². The normalized spacial score (nSPS) is 19.8. The van der Waals surface area contributed by atoms with Crippen molar-refractivity contribution < 1.29 is 14.6 Å². The van der Waals surface area contributed by atoms with Gasteiger partial charge < -0.3 is 14.7 Å². The summed E-state index contributed by atoms with van der Waals surface area (Å²) in [6.07, 6.45) is 3.34. The van der Waals surface area contributed by atoms with Crippen LogP contribution in [0.4, 0.5) is 0 Å². The van der Waals surface area contributed by atoms with E-state index in [0.717, 1.165) is 17.0 Å². The molecule has 2 rings (SSSR count). The van der Waals surface area contributed by atoms with Crippen molar-refractivity contribution in [1.29, 1.82) is 0 Å². The average molecular weight is 279 g/mol. The first-order chi connectivity index (χ1) is 9.54. The van der Waals surface area contributed by atoms with Crippen molar-refractivity contribution in [3.05, 3.63) is 23.0 Å². The second kappa shape index (κ2) is 6.19. The number of rotatable bonds is 3. The fourth-order valence-corrected chi connectivity index (χ4v) is 2.38. The number of morpholine rings is 1. The van der Waals surface area contributed by atoms with Gasteiger partial charge in [-0.3, -0.25) is 9.48 Å². The predicted molar refractivity (Wildman–Crippen MR) is 75.1 cm³/mol. The van der Waals surface area contributed by atoms with Crippen molar-refractivity contribution in [3.63, 3.8) is 0 Å². The Morgan fingerprint density at radius 1 is 1.55 bits per heavy atom. The molecule has 1 aliphatic rings. The molecule has 0 aromatic carbocycles. The molecule has 0 radical (unpaired) electrons. The van der Waals surface area contributed by atoms with Crippen LogP contribution in [-0.2, 0) is 16.6 Å². The fourth-order valence-electron chi connectivity index (χ4n) is 2.38. The lowest BCUT2D eigenvalue weighted by Crippen LogP contribution is -2.49. The monoisotopic (exact) mass is 279 g/mol. The number of hydrogen-bond donors (Lipinski definition) is 1. The molecule has 1 saturated heterocycles. The van der Waals surface area contributed by atoms with E-state index < -0.39 is 0 Å². The molecule has 1 unspecified atom stereocenters. The topological polar surface area (TPSA) is 67.6 Å². The van der Waals surface area contributed by atoms with Crippen molar-refractivity contribution in [2.45, 2.75) is 19.9 Å². The Morgan fingerprint density at radius 2 is 2.30 bits per heavy atom. The Morgan fingerprint density at radius 3 is 2.90 bits per heavy atom. The second-order valence-electron chi connectivity index (χ2n) is 4.98. The van der Waals surface area contributed by atoms with E-state index in [2.05, 4.69) is 5.10 Å². The number of aromatic nitrogens is 2. The van der Waals surface area contributed by atoms with Crippen molar-refractivity contribution in [2.24, 2.45) is 7.05 Å². The fraction of sp³-hybridized carbons (Fsp3) is 0.571. The summed E-state index contributed by atoms with van der Waals surface area (Å²) in [6, 6.07) is -0.253. The Kier molecular flexibility index (Phi) is 4.57. The molecule has 20 heavy (non-hydrogen) atoms. The van der Waals surface area contributed by atoms with E-state index in [1.807, 2.05) is 20.9 Å². The van der Waals surface area contributed by atoms with E-state index in [9.17, 15) is 9.90 Å². The van der Waals surface area contributed by atoms with Gasteiger partial charge >= 0.3 is 0 Å². The maximum atomic E-state index is 12.2. The van der Waals surface area contributed by atoms with Crippen molar-refractivity contribution in [3.8, 4) is 0 Å². The Balaban J connectivity index is 2.12. The van der Waals surface area contributed by atoms with Crippen LogP contribution in [0.2, 0.25) is 0 Å². The zero-order chi connectivity index (χ0) is 14.7. The van der Waals surface area contributed by atoms with Gasteiger partial charge in [0.05, 0.1) is 31.6 Å². The molecule has 0 spiro atoms. The predicted octanol–water partition coefficient (Wildman–Crippen LogP) is 0.270. The van der Waals surface area contributed by atoms with Crippen LogP contribution in [0, 0.1) is 13.8 Å². The molecule has 0 saturated carbocycles. The van der Waals surface area contributed by atoms with Crippen molar-refractivity contribution in [2.75, 3.05) is 26.4 Å². The number of amides is 1. The van der Waals surface area contributed by atoms with Gasteiger partial charge in [-0.05, 0) is 19.9 Å². The maximum Gasteiger partial charge on any atom is 0.247 e. The Labute approximate surface area is 118 Å². The van der Waals surface area contributed by atoms with Crippen LogP contribution in [0.3, 0.4) is 0 Å². The second-order valence-corrected chi connectivity index (χ2v) is 4.98. The highest BCUT2D eigenvalue weighted by atomic mass is 16.5. The highest BCUT2D eigenvalue weighted by Gasteiger charge is 2.25. The Bertz CT molecular complexity index is 522. The lowest BCUT2D eigenvalue weighted by atomic mass is 10.1. The number of aryl methyl sites for hydroxylation is 2. The molecule has 2 heterocycles. The van der Waals surface area contributed by atoms with E-state index in [1.165, 1.54) is 0 Å². The molecular weight excluding hydrogens is 258 g/mol. The van der Waals surface area contributed by atoms with Gasteiger partial charge in [0.25, 0.3) is 0 Å². The first-order valence-corrected chi connectivity index (χ1v) is 6.72. The summed E-state index contributed by atoms with van der Waals surface area (Å²) in [6.45, 7) is 5.23. The van der Waals surface area contributed by atoms with Crippen LogP contribution in [0.25, 0.3) is 6.08 Å². The largest absolute Gasteiger partial charge is 0.394 e. The van der Waals surface area contributed by atoms with Gasteiger partial charge in [0.15, 0.2) is 0 Å². The van der Waals surface area contributed by atoms with Gasteiger partial charge in [-0.15, -0.1) is 0 Å². The number of aliphatic hydroxyl groups excluding tert-OH is 1. The summed E-state index contributed by atoms with van der Waals surface area (Å²) in [5.41, 5.74) is 2.89. The van der Waals surface area contributed by atoms with E-state index >= 15 is 0 Å². The highest BCUT2D eigenvalue weighted by Crippen LogP contribution is 2.14. The minimum absolute atomic E-state index is 0.0788. The van der Waals surface area contributed by atoms with Gasteiger partial charge in [0.2, 0.25) is 5.91 Å². The molecule has 110 valence electrons. The van der Waals surface area contributed by atoms with Crippen molar-refractivity contribution in [1.82, 2.24) is 14.7 Å². The number of aliphatic hydroxyl groups is 1. The third kappa shape index (κ3) is 2.91. The minimum atomic E-state index is -0.253. The van der Waals surface area contributed by atoms with Crippen LogP contribution >= 0.6 is 0 Å². The van der Waals surface area contributed by atoms with Crippen LogP contribution in [-0.4, -0.2) is 58.1 Å². The van der Waals surface area contributed by atoms with Gasteiger partial charge in [0, 0.05) is 30.9 Å². The molecule has 1 aliphatic heterocycles. The van der Waals surface area contributed by atoms with Gasteiger partial charge in [-0.25, -0.2) is 0 Å². The minimum Gasteiger partial charge on any atom is -0.394 e. The molecular formula is C14H21N3O3. The first kappa shape index (κ1) is 14.7. The number of carbonyl (C=O) groups is 1. The molecule has 1 amide bonds. The van der Waals surface area contributed by atoms with Crippen LogP contribution < -0.4 is 0 Å². The highest BCUT2D eigenvalue weighted by molar-refractivity contribution is 5.92. The Hall–Kier alpha value is -1.66. The van der Waals surface area contributed by atoms with E-state index in [-0.39, 0.29) is 18.6 Å². The standard InChI is InChI=1S/C14H21N3O3/c1-10-13(11(2)16(3)15-10)4-5-14(19)17-6-7-20-9-12(17)8-18/h4-5,12,18H,6-9H2,1-3H3/b5-4+. The van der Waals surface area contributed by atoms with Gasteiger partial charge in [-0.1, -0.05) is 0 Å². The number of ether oxygens (including phenoxy) is 1. The quantitative estimate of drug-likeness (QED) is 0.807. The lowest BCUT2D eigenvalue weighted by molar-refractivity contribution is -0.136. The molecule has 1 aromatic heterocycles. The zero-order valence-electron chi connectivity index (χ0n) is 12.2. The SMILES string of the molecule is Cc1nn(C)c(C)c1/C=C/C(=O)N1CCOCC1CO. The summed E-state index contributed by atoms with van der Waals surface area (Å²) in [7, 11) is 1.88. The third-order valence-electron chi connectivity index (χ3n) is 3.68. The molecule has 0 bridgehead atoms. The smallest absolute Gasteiger partial charge is 0.247 e. The molecule has 1 fully saturated rings. The third-order valence-corrected chi connectivity index (χ3v) is 3.68. The molecule has 0 aliphatic carbocycles. The average Bonchev–Trinajstić information content (AvgIpc) is 2.70. The van der Waals surface area contributed by atoms with Crippen LogP contribution in [0.15, 0.2) is 6.08 Å². The lowest BCUT2D eigenvalue weighted by Gasteiger charge is -2.33. The molecule has 1 aromatic rings. The van der Waals surface area contributed by atoms with Gasteiger partial charge in [0.1, 0.15) is 0 Å². The van der Waals surface area contributed by atoms with E-state index in [1.54, 1.807) is 21.7 Å². The van der Waals surface area contributed by atoms with Crippen LogP contribution in [0.1, 0.15) is 17.0 Å². The molecule has 1 N–H and O–H groups in total. The summed E-state index contributed by atoms with van der Waals surface area (Å²) in [4.78, 5) is 13.9. The molecule has 6 nitrogen and oxygen atoms in total. The number of carbonyl (C=O) groups excluding carboxylic acids is 1. The van der Waals surface area contributed by atoms with E-state index in [4.69, 9.17) is 4.74 Å². The number of nitrogens with zero attached hydrogens (tertiary/aromatic N) is 3. The van der Waals surface area contributed by atoms with Gasteiger partial charge in [-0.2, -0.15) is 5.10 Å². The number of hydrogen-bond acceptors (Lipinski definition) is 4. The summed E-state index contributed by atoms with van der Waals surface area (Å²) in [5, 5.41) is 13.6. The molecule has 1 atom stereocenters. The maximum absolute atomic E-state index is 12.2. The first-order valence-electron chi connectivity index (χ1n) is 6.72. The summed E-state index contributed by atoms with van der Waals surface area (Å²) in [5.74, 6) is -0.102. The summed E-state index contributed by atoms with van der Waals surface area (Å²) < 4.78 is 7.06. The van der Waals surface area contributed by atoms with Crippen LogP contribution in [0.5, 0.6) is 0 Å². The molecule has 6 heteroatoms. The van der Waals surface area contributed by atoms with Crippen molar-refractivity contribution >= 4 is 12.0 Å². The zero-order valence-corrected chi connectivity index (χ0v) is 12.2.